The highest BCUT2D eigenvalue weighted by atomic mass is 19.4. The molecule has 5 aromatic heterocycles. The van der Waals surface area contributed by atoms with Gasteiger partial charge < -0.3 is 29.6 Å². The first-order valence-electron chi connectivity index (χ1n) is 23.2. The number of nitrogens with zero attached hydrogens (tertiary/aromatic N) is 13. The molecule has 3 aromatic carbocycles. The molecular weight excluding hydrogens is 998 g/mol. The lowest BCUT2D eigenvalue weighted by Crippen LogP contribution is -2.37. The summed E-state index contributed by atoms with van der Waals surface area (Å²) in [7, 11) is 5.13. The largest absolute Gasteiger partial charge is 0.456 e. The van der Waals surface area contributed by atoms with E-state index in [4.69, 9.17) is 4.74 Å². The number of amides is 2. The lowest BCUT2D eigenvalue weighted by Gasteiger charge is -2.26. The molecule has 20 nitrogen and oxygen atoms in total. The number of halogens is 5. The second-order valence-electron chi connectivity index (χ2n) is 18.5. The van der Waals surface area contributed by atoms with Crippen molar-refractivity contribution < 1.29 is 46.2 Å². The molecule has 10 rings (SSSR count). The number of aliphatic hydroxyl groups is 1. The van der Waals surface area contributed by atoms with E-state index in [1.807, 2.05) is 0 Å². The summed E-state index contributed by atoms with van der Waals surface area (Å²) in [6.45, 7) is 0.940. The first-order valence-corrected chi connectivity index (χ1v) is 23.2. The molecule has 0 atom stereocenters. The third-order valence-electron chi connectivity index (χ3n) is 12.9. The third kappa shape index (κ3) is 9.18. The normalized spacial score (nSPS) is 13.3. The van der Waals surface area contributed by atoms with Gasteiger partial charge in [0.1, 0.15) is 48.1 Å². The molecule has 0 radical (unpaired) electrons. The van der Waals surface area contributed by atoms with Crippen LogP contribution in [0.1, 0.15) is 62.4 Å². The minimum absolute atomic E-state index is 0.000986. The van der Waals surface area contributed by atoms with Crippen LogP contribution in [-0.4, -0.2) is 90.9 Å². The van der Waals surface area contributed by atoms with Gasteiger partial charge in [-0.15, -0.1) is 20.4 Å². The van der Waals surface area contributed by atoms with Crippen LogP contribution >= 0.6 is 0 Å². The molecule has 386 valence electrons. The number of anilines is 4. The smallest absolute Gasteiger partial charge is 0.416 e. The van der Waals surface area contributed by atoms with Gasteiger partial charge in [-0.25, -0.2) is 18.7 Å². The van der Waals surface area contributed by atoms with Crippen LogP contribution in [0, 0.1) is 23.0 Å². The average molecular weight is 1040 g/mol. The SMILES string of the molecule is Cn1cnnc1-c1ccc(C#N)cc1-c1cc(NCC(C)(C)OC(=O)CNc2cc(-c3c(-c4nncn4C)cnn3C)cc(N3Cc4c(cccc4C(F)(F)F)C3=O)n2)nc(N2Cc3c(cc(CO)c(F)c3F)C2=O)c1. The van der Waals surface area contributed by atoms with Gasteiger partial charge in [0.15, 0.2) is 23.3 Å². The van der Waals surface area contributed by atoms with Gasteiger partial charge in [-0.1, -0.05) is 6.07 Å². The van der Waals surface area contributed by atoms with Crippen molar-refractivity contribution in [2.45, 2.75) is 45.3 Å². The Bertz CT molecular complexity index is 3730. The molecule has 2 aliphatic heterocycles. The second-order valence-corrected chi connectivity index (χ2v) is 18.5. The molecule has 7 heterocycles. The number of carbonyl (C=O) groups is 3. The van der Waals surface area contributed by atoms with Gasteiger partial charge in [0, 0.05) is 54.5 Å². The number of aromatic nitrogens is 10. The van der Waals surface area contributed by atoms with Crippen molar-refractivity contribution in [1.29, 1.82) is 5.26 Å². The number of rotatable bonds is 14. The number of nitrogens with one attached hydrogen (secondary N) is 2. The van der Waals surface area contributed by atoms with Crippen molar-refractivity contribution >= 4 is 41.1 Å². The first-order chi connectivity index (χ1) is 36.2. The molecule has 3 N–H and O–H groups in total. The Balaban J connectivity index is 0.933. The molecule has 0 fully saturated rings. The fourth-order valence-corrected chi connectivity index (χ4v) is 9.19. The second kappa shape index (κ2) is 19.1. The summed E-state index contributed by atoms with van der Waals surface area (Å²) in [5.74, 6) is -3.73. The van der Waals surface area contributed by atoms with Crippen LogP contribution in [0.5, 0.6) is 0 Å². The summed E-state index contributed by atoms with van der Waals surface area (Å²) >= 11 is 0. The topological polar surface area (TPSA) is 240 Å². The quantitative estimate of drug-likeness (QED) is 0.0737. The van der Waals surface area contributed by atoms with E-state index in [-0.39, 0.29) is 57.6 Å². The standard InChI is InChI=1S/C51H42F5N15O5/c1-50(2,23-59-39-13-27(32-11-26(17-57)9-10-30(32)46-65-60-24-67(46)3)15-40(64-39)71-21-36-33(49(71)75)12-29(22-72)43(52)44(36)53)76-42(73)19-58-38-14-28(45-34(18-62-69(45)5)47-66-61-25-68(47)4)16-41(63-38)70-20-35-31(48(70)74)7-6-8-37(35)51(54,55)56/h6-16,18,24-25,72H,19-23H2,1-5H3,(H,58,63)(H,59,64). The molecule has 0 spiro atoms. The zero-order valence-corrected chi connectivity index (χ0v) is 40.9. The van der Waals surface area contributed by atoms with Crippen molar-refractivity contribution in [1.82, 2.24) is 49.3 Å². The zero-order chi connectivity index (χ0) is 54.0. The lowest BCUT2D eigenvalue weighted by molar-refractivity contribution is -0.153. The van der Waals surface area contributed by atoms with Crippen LogP contribution in [0.4, 0.5) is 45.2 Å². The van der Waals surface area contributed by atoms with Gasteiger partial charge >= 0.3 is 12.1 Å². The van der Waals surface area contributed by atoms with E-state index in [0.29, 0.717) is 45.2 Å². The Morgan fingerprint density at radius 3 is 2.04 bits per heavy atom. The summed E-state index contributed by atoms with van der Waals surface area (Å²) in [5.41, 5.74) is -0.235. The summed E-state index contributed by atoms with van der Waals surface area (Å²) < 4.78 is 83.6. The fourth-order valence-electron chi connectivity index (χ4n) is 9.19. The Morgan fingerprint density at radius 1 is 0.763 bits per heavy atom. The van der Waals surface area contributed by atoms with E-state index < -0.39 is 78.6 Å². The van der Waals surface area contributed by atoms with E-state index in [1.165, 1.54) is 30.9 Å². The fraction of sp³-hybridized carbons (Fsp3) is 0.235. The maximum absolute atomic E-state index is 15.4. The molecule has 0 unspecified atom stereocenters. The van der Waals surface area contributed by atoms with Crippen molar-refractivity contribution in [2.75, 3.05) is 33.5 Å². The number of ether oxygens (including phenoxy) is 1. The highest BCUT2D eigenvalue weighted by Crippen LogP contribution is 2.41. The number of esters is 1. The average Bonchev–Trinajstić information content (AvgIpc) is 4.26. The number of carbonyl (C=O) groups excluding carboxylic acids is 3. The van der Waals surface area contributed by atoms with E-state index in [2.05, 4.69) is 52.2 Å². The van der Waals surface area contributed by atoms with Gasteiger partial charge in [-0.05, 0) is 91.2 Å². The molecule has 2 amide bonds. The third-order valence-corrected chi connectivity index (χ3v) is 12.9. The summed E-state index contributed by atoms with van der Waals surface area (Å²) in [6.07, 6.45) is -0.182. The number of aliphatic hydroxyl groups excluding tert-OH is 1. The van der Waals surface area contributed by atoms with Crippen LogP contribution in [-0.2, 0) is 56.5 Å². The van der Waals surface area contributed by atoms with E-state index in [1.54, 1.807) is 91.4 Å². The van der Waals surface area contributed by atoms with Crippen LogP contribution in [0.25, 0.3) is 45.2 Å². The van der Waals surface area contributed by atoms with Crippen molar-refractivity contribution in [3.05, 3.63) is 136 Å². The monoisotopic (exact) mass is 1040 g/mol. The predicted octanol–water partition coefficient (Wildman–Crippen LogP) is 6.96. The first kappa shape index (κ1) is 50.1. The summed E-state index contributed by atoms with van der Waals surface area (Å²) in [4.78, 5) is 53.1. The molecule has 25 heteroatoms. The number of aryl methyl sites for hydroxylation is 3. The van der Waals surface area contributed by atoms with E-state index in [9.17, 15) is 42.3 Å². The molecule has 76 heavy (non-hydrogen) atoms. The molecule has 0 saturated carbocycles. The molecule has 0 aliphatic carbocycles. The Hall–Kier alpha value is -9.44. The van der Waals surface area contributed by atoms with Gasteiger partial charge in [0.25, 0.3) is 11.8 Å². The maximum atomic E-state index is 15.4. The zero-order valence-electron chi connectivity index (χ0n) is 40.9. The van der Waals surface area contributed by atoms with E-state index in [0.717, 1.165) is 21.9 Å². The number of hydrogen-bond acceptors (Lipinski definition) is 15. The van der Waals surface area contributed by atoms with Crippen LogP contribution in [0.3, 0.4) is 0 Å². The van der Waals surface area contributed by atoms with Crippen molar-refractivity contribution in [3.8, 4) is 51.2 Å². The molecule has 2 aliphatic rings. The number of nitriles is 1. The van der Waals surface area contributed by atoms with Gasteiger partial charge in [0.2, 0.25) is 0 Å². The number of hydrogen-bond donors (Lipinski definition) is 3. The minimum atomic E-state index is -4.73. The van der Waals surface area contributed by atoms with Crippen molar-refractivity contribution in [3.63, 3.8) is 0 Å². The summed E-state index contributed by atoms with van der Waals surface area (Å²) in [6, 6.07) is 17.8. The number of fused-ring (bicyclic) bond motifs is 2. The number of benzene rings is 3. The Kier molecular flexibility index (Phi) is 12.6. The molecular formula is C51H42F5N15O5. The highest BCUT2D eigenvalue weighted by molar-refractivity contribution is 6.11. The van der Waals surface area contributed by atoms with Crippen LogP contribution in [0.15, 0.2) is 85.6 Å². The molecule has 0 bridgehead atoms. The van der Waals surface area contributed by atoms with Gasteiger partial charge in [0.05, 0.1) is 60.9 Å². The van der Waals surface area contributed by atoms with Crippen LogP contribution in [0.2, 0.25) is 0 Å². The lowest BCUT2D eigenvalue weighted by atomic mass is 9.97. The predicted molar refractivity (Wildman–Crippen MR) is 263 cm³/mol. The van der Waals surface area contributed by atoms with Gasteiger partial charge in [-0.2, -0.15) is 23.5 Å². The summed E-state index contributed by atoms with van der Waals surface area (Å²) in [5, 5.41) is 46.6. The van der Waals surface area contributed by atoms with E-state index >= 15 is 4.39 Å². The Morgan fingerprint density at radius 2 is 1.39 bits per heavy atom. The maximum Gasteiger partial charge on any atom is 0.416 e. The van der Waals surface area contributed by atoms with Gasteiger partial charge in [-0.3, -0.25) is 28.9 Å². The van der Waals surface area contributed by atoms with Crippen LogP contribution < -0.4 is 20.4 Å². The molecule has 8 aromatic rings. The number of pyridine rings is 2. The number of alkyl halides is 3. The Labute approximate surface area is 428 Å². The van der Waals surface area contributed by atoms with Crippen molar-refractivity contribution in [2.24, 2.45) is 21.1 Å². The molecule has 0 saturated heterocycles. The highest BCUT2D eigenvalue weighted by Gasteiger charge is 2.41. The minimum Gasteiger partial charge on any atom is -0.456 e.